The van der Waals surface area contributed by atoms with Crippen LogP contribution in [0.1, 0.15) is 25.0 Å². The number of aliphatic hydroxyl groups is 2. The van der Waals surface area contributed by atoms with Crippen LogP contribution in [0.25, 0.3) is 0 Å². The van der Waals surface area contributed by atoms with E-state index >= 15 is 0 Å². The van der Waals surface area contributed by atoms with Gasteiger partial charge in [0, 0.05) is 18.4 Å². The van der Waals surface area contributed by atoms with Crippen molar-refractivity contribution in [2.75, 3.05) is 31.9 Å². The third-order valence-electron chi connectivity index (χ3n) is 4.50. The van der Waals surface area contributed by atoms with Gasteiger partial charge in [-0.3, -0.25) is 5.32 Å². The number of nitrogens with one attached hydrogen (secondary N) is 1. The molecule has 1 aliphatic rings. The van der Waals surface area contributed by atoms with Crippen molar-refractivity contribution in [3.8, 4) is 17.2 Å². The molecule has 0 spiro atoms. The van der Waals surface area contributed by atoms with Crippen LogP contribution in [0.4, 0.5) is 10.5 Å². The molecular formula is C21H25NO7. The van der Waals surface area contributed by atoms with Crippen molar-refractivity contribution in [2.45, 2.75) is 19.4 Å². The fraction of sp³-hybridized carbons (Fsp3) is 0.381. The number of fused-ring (bicyclic) bond motifs is 1. The lowest BCUT2D eigenvalue weighted by Crippen LogP contribution is -2.22. The van der Waals surface area contributed by atoms with Crippen LogP contribution in [0, 0.1) is 5.92 Å². The zero-order valence-corrected chi connectivity index (χ0v) is 16.2. The summed E-state index contributed by atoms with van der Waals surface area (Å²) in [4.78, 5) is 12.5. The lowest BCUT2D eigenvalue weighted by molar-refractivity contribution is 0.0665. The number of benzene rings is 2. The molecule has 0 bridgehead atoms. The highest BCUT2D eigenvalue weighted by Crippen LogP contribution is 2.35. The average molecular weight is 403 g/mol. The molecule has 3 rings (SSSR count). The van der Waals surface area contributed by atoms with Gasteiger partial charge in [-0.15, -0.1) is 0 Å². The molecule has 2 aromatic carbocycles. The number of anilines is 1. The second kappa shape index (κ2) is 9.99. The van der Waals surface area contributed by atoms with E-state index in [0.29, 0.717) is 29.4 Å². The molecule has 0 radical (unpaired) electrons. The van der Waals surface area contributed by atoms with Crippen molar-refractivity contribution in [3.63, 3.8) is 0 Å². The molecule has 2 atom stereocenters. The van der Waals surface area contributed by atoms with Crippen molar-refractivity contribution >= 4 is 11.8 Å². The van der Waals surface area contributed by atoms with Crippen LogP contribution in [0.2, 0.25) is 0 Å². The van der Waals surface area contributed by atoms with Gasteiger partial charge in [-0.1, -0.05) is 19.1 Å². The van der Waals surface area contributed by atoms with Crippen molar-refractivity contribution in [1.82, 2.24) is 0 Å². The van der Waals surface area contributed by atoms with Gasteiger partial charge in [-0.05, 0) is 42.2 Å². The first-order valence-corrected chi connectivity index (χ1v) is 9.42. The Kier molecular flexibility index (Phi) is 7.15. The summed E-state index contributed by atoms with van der Waals surface area (Å²) in [7, 11) is 0. The highest BCUT2D eigenvalue weighted by molar-refractivity contribution is 5.85. The van der Waals surface area contributed by atoms with E-state index in [2.05, 4.69) is 5.32 Å². The number of amides is 1. The Morgan fingerprint density at radius 2 is 1.97 bits per heavy atom. The topological polar surface area (TPSA) is 106 Å². The van der Waals surface area contributed by atoms with Gasteiger partial charge in [0.1, 0.15) is 18.5 Å². The molecule has 3 N–H and O–H groups in total. The van der Waals surface area contributed by atoms with Gasteiger partial charge < -0.3 is 29.2 Å². The predicted molar refractivity (Wildman–Crippen MR) is 105 cm³/mol. The van der Waals surface area contributed by atoms with E-state index in [-0.39, 0.29) is 32.5 Å². The first-order valence-electron chi connectivity index (χ1n) is 9.42. The monoisotopic (exact) mass is 403 g/mol. The average Bonchev–Trinajstić information content (AvgIpc) is 3.18. The Morgan fingerprint density at radius 3 is 2.76 bits per heavy atom. The van der Waals surface area contributed by atoms with E-state index in [0.717, 1.165) is 5.56 Å². The predicted octanol–water partition coefficient (Wildman–Crippen LogP) is 3.09. The Labute approximate surface area is 169 Å². The van der Waals surface area contributed by atoms with Crippen molar-refractivity contribution in [1.29, 1.82) is 0 Å². The number of carbonyl (C=O) groups is 1. The SMILES string of the molecule is C[C@H](CCO)[C@@H](OC(=O)Nc1ccc2c(c1)OCO2)c1cccc(OCCO)c1. The Hall–Kier alpha value is -2.97. The molecule has 1 heterocycles. The minimum Gasteiger partial charge on any atom is -0.491 e. The Morgan fingerprint density at radius 1 is 1.14 bits per heavy atom. The first-order chi connectivity index (χ1) is 14.1. The van der Waals surface area contributed by atoms with Crippen LogP contribution in [-0.4, -0.2) is 42.9 Å². The van der Waals surface area contributed by atoms with Crippen LogP contribution < -0.4 is 19.5 Å². The third kappa shape index (κ3) is 5.52. The van der Waals surface area contributed by atoms with Crippen LogP contribution >= 0.6 is 0 Å². The fourth-order valence-electron chi connectivity index (χ4n) is 3.05. The third-order valence-corrected chi connectivity index (χ3v) is 4.50. The Balaban J connectivity index is 1.72. The molecule has 0 saturated carbocycles. The van der Waals surface area contributed by atoms with Gasteiger partial charge in [0.15, 0.2) is 11.5 Å². The highest BCUT2D eigenvalue weighted by Gasteiger charge is 2.24. The molecule has 0 fully saturated rings. The lowest BCUT2D eigenvalue weighted by atomic mass is 9.94. The molecule has 29 heavy (non-hydrogen) atoms. The summed E-state index contributed by atoms with van der Waals surface area (Å²) in [6.45, 7) is 2.11. The molecule has 8 heteroatoms. The van der Waals surface area contributed by atoms with E-state index in [1.165, 1.54) is 0 Å². The number of aliphatic hydroxyl groups excluding tert-OH is 2. The van der Waals surface area contributed by atoms with Crippen molar-refractivity contribution < 1.29 is 34.0 Å². The van der Waals surface area contributed by atoms with E-state index in [1.807, 2.05) is 13.0 Å². The van der Waals surface area contributed by atoms with Crippen LogP contribution in [0.3, 0.4) is 0 Å². The van der Waals surface area contributed by atoms with E-state index in [1.54, 1.807) is 36.4 Å². The number of carbonyl (C=O) groups excluding carboxylic acids is 1. The number of ether oxygens (including phenoxy) is 4. The molecule has 1 aliphatic heterocycles. The number of hydrogen-bond donors (Lipinski definition) is 3. The van der Waals surface area contributed by atoms with E-state index in [9.17, 15) is 9.90 Å². The van der Waals surface area contributed by atoms with Crippen LogP contribution in [0.5, 0.6) is 17.2 Å². The minimum atomic E-state index is -0.625. The summed E-state index contributed by atoms with van der Waals surface area (Å²) >= 11 is 0. The zero-order valence-electron chi connectivity index (χ0n) is 16.2. The van der Waals surface area contributed by atoms with Crippen LogP contribution in [0.15, 0.2) is 42.5 Å². The molecule has 0 aromatic heterocycles. The largest absolute Gasteiger partial charge is 0.491 e. The Bertz CT molecular complexity index is 826. The van der Waals surface area contributed by atoms with Crippen molar-refractivity contribution in [2.24, 2.45) is 5.92 Å². The van der Waals surface area contributed by atoms with Gasteiger partial charge in [0.25, 0.3) is 0 Å². The summed E-state index contributed by atoms with van der Waals surface area (Å²) in [5, 5.41) is 21.0. The maximum atomic E-state index is 12.5. The lowest BCUT2D eigenvalue weighted by Gasteiger charge is -2.24. The van der Waals surface area contributed by atoms with Gasteiger partial charge >= 0.3 is 6.09 Å². The van der Waals surface area contributed by atoms with Gasteiger partial charge in [-0.2, -0.15) is 0 Å². The quantitative estimate of drug-likeness (QED) is 0.591. The van der Waals surface area contributed by atoms with Gasteiger partial charge in [-0.25, -0.2) is 4.79 Å². The second-order valence-electron chi connectivity index (χ2n) is 6.65. The number of rotatable bonds is 9. The van der Waals surface area contributed by atoms with Crippen LogP contribution in [-0.2, 0) is 4.74 Å². The molecule has 2 aromatic rings. The molecule has 156 valence electrons. The van der Waals surface area contributed by atoms with E-state index < -0.39 is 12.2 Å². The standard InChI is InChI=1S/C21H25NO7/c1-14(7-8-23)20(15-3-2-4-17(11-15)26-10-9-24)29-21(25)22-16-5-6-18-19(12-16)28-13-27-18/h2-6,11-12,14,20,23-24H,7-10,13H2,1H3,(H,22,25)/t14-,20-/m1/s1. The maximum absolute atomic E-state index is 12.5. The highest BCUT2D eigenvalue weighted by atomic mass is 16.7. The molecule has 0 saturated heterocycles. The second-order valence-corrected chi connectivity index (χ2v) is 6.65. The normalized spacial score (nSPS) is 14.2. The van der Waals surface area contributed by atoms with Gasteiger partial charge in [0.2, 0.25) is 6.79 Å². The summed E-state index contributed by atoms with van der Waals surface area (Å²) in [5.41, 5.74) is 1.26. The molecule has 0 aliphatic carbocycles. The molecular weight excluding hydrogens is 378 g/mol. The first kappa shape index (κ1) is 20.8. The molecule has 0 unspecified atom stereocenters. The summed E-state index contributed by atoms with van der Waals surface area (Å²) in [6.07, 6.45) is -0.752. The summed E-state index contributed by atoms with van der Waals surface area (Å²) < 4.78 is 21.7. The zero-order chi connectivity index (χ0) is 20.6. The summed E-state index contributed by atoms with van der Waals surface area (Å²) in [5.74, 6) is 1.62. The van der Waals surface area contributed by atoms with E-state index in [4.69, 9.17) is 24.1 Å². The maximum Gasteiger partial charge on any atom is 0.412 e. The minimum absolute atomic E-state index is 0.0223. The fourth-order valence-corrected chi connectivity index (χ4v) is 3.05. The molecule has 8 nitrogen and oxygen atoms in total. The number of hydrogen-bond acceptors (Lipinski definition) is 7. The molecule has 1 amide bonds. The van der Waals surface area contributed by atoms with Crippen molar-refractivity contribution in [3.05, 3.63) is 48.0 Å². The summed E-state index contributed by atoms with van der Waals surface area (Å²) in [6, 6.07) is 12.2. The smallest absolute Gasteiger partial charge is 0.412 e. The van der Waals surface area contributed by atoms with Gasteiger partial charge in [0.05, 0.1) is 6.61 Å².